The van der Waals surface area contributed by atoms with Crippen LogP contribution in [0, 0.1) is 11.7 Å². The average Bonchev–Trinajstić information content (AvgIpc) is 2.53. The van der Waals surface area contributed by atoms with E-state index < -0.39 is 5.97 Å². The van der Waals surface area contributed by atoms with Crippen LogP contribution >= 0.6 is 0 Å². The molecule has 1 aliphatic rings. The first-order valence-electron chi connectivity index (χ1n) is 8.47. The molecule has 0 radical (unpaired) electrons. The zero-order valence-corrected chi connectivity index (χ0v) is 14.1. The number of carbonyl (C=O) groups is 2. The minimum Gasteiger partial charge on any atom is -0.480 e. The molecule has 1 aliphatic heterocycles. The minimum absolute atomic E-state index is 0.0804. The van der Waals surface area contributed by atoms with Crippen molar-refractivity contribution in [1.29, 1.82) is 0 Å². The molecule has 1 N–H and O–H groups in total. The largest absolute Gasteiger partial charge is 0.480 e. The third-order valence-corrected chi connectivity index (χ3v) is 4.28. The number of carboxylic acid groups (broad SMARTS) is 1. The fourth-order valence-electron chi connectivity index (χ4n) is 3.25. The Kier molecular flexibility index (Phi) is 6.73. The Morgan fingerprint density at radius 2 is 2.21 bits per heavy atom. The maximum absolute atomic E-state index is 13.3. The van der Waals surface area contributed by atoms with Crippen molar-refractivity contribution in [2.45, 2.75) is 32.7 Å². The number of carbonyl (C=O) groups excluding carboxylic acids is 1. The summed E-state index contributed by atoms with van der Waals surface area (Å²) >= 11 is 0. The van der Waals surface area contributed by atoms with Crippen molar-refractivity contribution in [3.63, 3.8) is 0 Å². The number of amides is 1. The number of aliphatic carboxylic acids is 1. The Bertz CT molecular complexity index is 579. The summed E-state index contributed by atoms with van der Waals surface area (Å²) in [5, 5.41) is 8.99. The molecule has 2 rings (SSSR count). The van der Waals surface area contributed by atoms with E-state index in [1.807, 2.05) is 13.0 Å². The van der Waals surface area contributed by atoms with Crippen LogP contribution < -0.4 is 0 Å². The van der Waals surface area contributed by atoms with Crippen LogP contribution in [0.1, 0.15) is 31.7 Å². The molecular formula is C18H25FN2O3. The molecule has 0 saturated carbocycles. The molecule has 0 aliphatic carbocycles. The molecule has 132 valence electrons. The zero-order valence-electron chi connectivity index (χ0n) is 14.1. The average molecular weight is 336 g/mol. The Balaban J connectivity index is 1.98. The van der Waals surface area contributed by atoms with E-state index in [-0.39, 0.29) is 24.2 Å². The number of nitrogens with zero attached hydrogens (tertiary/aromatic N) is 2. The van der Waals surface area contributed by atoms with Crippen LogP contribution in [0.3, 0.4) is 0 Å². The molecular weight excluding hydrogens is 311 g/mol. The van der Waals surface area contributed by atoms with E-state index >= 15 is 0 Å². The monoisotopic (exact) mass is 336 g/mol. The number of likely N-dealkylation sites (tertiary alicyclic amines) is 1. The SMILES string of the molecule is CCCN(CC(=O)O)C(=O)C1CCCN(Cc2cccc(F)c2)C1. The molecule has 5 nitrogen and oxygen atoms in total. The van der Waals surface area contributed by atoms with Gasteiger partial charge in [-0.3, -0.25) is 14.5 Å². The molecule has 6 heteroatoms. The van der Waals surface area contributed by atoms with Crippen LogP contribution in [0.2, 0.25) is 0 Å². The molecule has 0 aromatic heterocycles. The fraction of sp³-hybridized carbons (Fsp3) is 0.556. The number of hydrogen-bond acceptors (Lipinski definition) is 3. The Labute approximate surface area is 142 Å². The lowest BCUT2D eigenvalue weighted by Crippen LogP contribution is -2.46. The van der Waals surface area contributed by atoms with Gasteiger partial charge in [0, 0.05) is 19.6 Å². The van der Waals surface area contributed by atoms with Gasteiger partial charge >= 0.3 is 5.97 Å². The highest BCUT2D eigenvalue weighted by Crippen LogP contribution is 2.21. The summed E-state index contributed by atoms with van der Waals surface area (Å²) in [6.45, 7) is 4.22. The van der Waals surface area contributed by atoms with E-state index in [1.54, 1.807) is 6.07 Å². The van der Waals surface area contributed by atoms with Gasteiger partial charge in [0.2, 0.25) is 5.91 Å². The summed E-state index contributed by atoms with van der Waals surface area (Å²) in [5.41, 5.74) is 0.888. The van der Waals surface area contributed by atoms with Crippen molar-refractivity contribution in [3.8, 4) is 0 Å². The van der Waals surface area contributed by atoms with Gasteiger partial charge in [-0.05, 0) is 43.5 Å². The summed E-state index contributed by atoms with van der Waals surface area (Å²) < 4.78 is 13.3. The molecule has 1 aromatic rings. The molecule has 0 spiro atoms. The quantitative estimate of drug-likeness (QED) is 0.830. The summed E-state index contributed by atoms with van der Waals surface area (Å²) in [5.74, 6) is -1.50. The molecule has 0 bridgehead atoms. The van der Waals surface area contributed by atoms with E-state index in [2.05, 4.69) is 4.90 Å². The fourth-order valence-corrected chi connectivity index (χ4v) is 3.25. The Hall–Kier alpha value is -1.95. The molecule has 1 atom stereocenters. The smallest absolute Gasteiger partial charge is 0.323 e. The van der Waals surface area contributed by atoms with Gasteiger partial charge in [0.1, 0.15) is 12.4 Å². The molecule has 1 amide bonds. The van der Waals surface area contributed by atoms with Gasteiger partial charge in [0.15, 0.2) is 0 Å². The third kappa shape index (κ3) is 5.30. The first-order valence-corrected chi connectivity index (χ1v) is 8.47. The Morgan fingerprint density at radius 1 is 1.42 bits per heavy atom. The topological polar surface area (TPSA) is 60.9 Å². The van der Waals surface area contributed by atoms with Crippen LogP contribution in [0.25, 0.3) is 0 Å². The number of carboxylic acids is 1. The number of rotatable bonds is 7. The van der Waals surface area contributed by atoms with Gasteiger partial charge in [-0.2, -0.15) is 0 Å². The molecule has 1 unspecified atom stereocenters. The summed E-state index contributed by atoms with van der Waals surface area (Å²) in [7, 11) is 0. The van der Waals surface area contributed by atoms with E-state index in [0.29, 0.717) is 19.6 Å². The van der Waals surface area contributed by atoms with Crippen LogP contribution in [-0.4, -0.2) is 53.0 Å². The van der Waals surface area contributed by atoms with Gasteiger partial charge in [0.25, 0.3) is 0 Å². The van der Waals surface area contributed by atoms with Crippen LogP contribution in [0.15, 0.2) is 24.3 Å². The van der Waals surface area contributed by atoms with E-state index in [9.17, 15) is 14.0 Å². The predicted octanol–water partition coefficient (Wildman–Crippen LogP) is 2.36. The van der Waals surface area contributed by atoms with Crippen LogP contribution in [0.5, 0.6) is 0 Å². The molecule has 1 fully saturated rings. The second-order valence-electron chi connectivity index (χ2n) is 6.36. The third-order valence-electron chi connectivity index (χ3n) is 4.28. The minimum atomic E-state index is -0.982. The summed E-state index contributed by atoms with van der Waals surface area (Å²) in [6, 6.07) is 6.50. The van der Waals surface area contributed by atoms with Crippen LogP contribution in [0.4, 0.5) is 4.39 Å². The van der Waals surface area contributed by atoms with E-state index in [4.69, 9.17) is 5.11 Å². The molecule has 1 saturated heterocycles. The molecule has 1 heterocycles. The number of halogens is 1. The molecule has 24 heavy (non-hydrogen) atoms. The maximum atomic E-state index is 13.3. The summed E-state index contributed by atoms with van der Waals surface area (Å²) in [4.78, 5) is 27.2. The first-order chi connectivity index (χ1) is 11.5. The highest BCUT2D eigenvalue weighted by molar-refractivity contribution is 5.83. The Morgan fingerprint density at radius 3 is 2.88 bits per heavy atom. The number of piperidine rings is 1. The van der Waals surface area contributed by atoms with Gasteiger partial charge in [-0.1, -0.05) is 19.1 Å². The lowest BCUT2D eigenvalue weighted by molar-refractivity contribution is -0.147. The highest BCUT2D eigenvalue weighted by Gasteiger charge is 2.29. The second-order valence-corrected chi connectivity index (χ2v) is 6.36. The number of benzene rings is 1. The van der Waals surface area contributed by atoms with Crippen molar-refractivity contribution in [3.05, 3.63) is 35.6 Å². The first kappa shape index (κ1) is 18.4. The lowest BCUT2D eigenvalue weighted by Gasteiger charge is -2.34. The highest BCUT2D eigenvalue weighted by atomic mass is 19.1. The van der Waals surface area contributed by atoms with Crippen LogP contribution in [-0.2, 0) is 16.1 Å². The lowest BCUT2D eigenvalue weighted by atomic mass is 9.96. The number of hydrogen-bond donors (Lipinski definition) is 1. The second kappa shape index (κ2) is 8.78. The normalized spacial score (nSPS) is 18.3. The van der Waals surface area contributed by atoms with Gasteiger partial charge < -0.3 is 10.0 Å². The van der Waals surface area contributed by atoms with Crippen molar-refractivity contribution < 1.29 is 19.1 Å². The van der Waals surface area contributed by atoms with Gasteiger partial charge in [-0.25, -0.2) is 4.39 Å². The van der Waals surface area contributed by atoms with E-state index in [0.717, 1.165) is 31.4 Å². The zero-order chi connectivity index (χ0) is 17.5. The van der Waals surface area contributed by atoms with Crippen molar-refractivity contribution >= 4 is 11.9 Å². The van der Waals surface area contributed by atoms with Gasteiger partial charge in [0.05, 0.1) is 5.92 Å². The van der Waals surface area contributed by atoms with Gasteiger partial charge in [-0.15, -0.1) is 0 Å². The summed E-state index contributed by atoms with van der Waals surface area (Å²) in [6.07, 6.45) is 2.40. The van der Waals surface area contributed by atoms with Crippen molar-refractivity contribution in [2.24, 2.45) is 5.92 Å². The molecule has 1 aromatic carbocycles. The van der Waals surface area contributed by atoms with E-state index in [1.165, 1.54) is 17.0 Å². The van der Waals surface area contributed by atoms with Crippen molar-refractivity contribution in [1.82, 2.24) is 9.80 Å². The predicted molar refractivity (Wildman–Crippen MR) is 88.9 cm³/mol. The van der Waals surface area contributed by atoms with Crippen molar-refractivity contribution in [2.75, 3.05) is 26.2 Å². The standard InChI is InChI=1S/C18H25FN2O3/c1-2-8-21(13-17(22)23)18(24)15-6-4-9-20(12-15)11-14-5-3-7-16(19)10-14/h3,5,7,10,15H,2,4,6,8-9,11-13H2,1H3,(H,22,23). The maximum Gasteiger partial charge on any atom is 0.323 e.